The molecule has 22 heavy (non-hydrogen) atoms. The summed E-state index contributed by atoms with van der Waals surface area (Å²) in [7, 11) is -0.839. The van der Waals surface area contributed by atoms with Crippen LogP contribution >= 0.6 is 11.3 Å². The number of benzene rings is 1. The van der Waals surface area contributed by atoms with Crippen LogP contribution in [-0.4, -0.2) is 33.3 Å². The summed E-state index contributed by atoms with van der Waals surface area (Å²) in [6.07, 6.45) is 4.09. The molecule has 0 fully saturated rings. The van der Waals surface area contributed by atoms with Crippen molar-refractivity contribution in [3.8, 4) is 10.4 Å². The van der Waals surface area contributed by atoms with Crippen molar-refractivity contribution in [3.63, 3.8) is 0 Å². The van der Waals surface area contributed by atoms with Crippen LogP contribution in [0.5, 0.6) is 0 Å². The van der Waals surface area contributed by atoms with Crippen molar-refractivity contribution in [2.75, 3.05) is 17.3 Å². The van der Waals surface area contributed by atoms with Gasteiger partial charge in [0.1, 0.15) is 0 Å². The maximum Gasteiger partial charge on any atom is 0.321 e. The van der Waals surface area contributed by atoms with Crippen LogP contribution in [0, 0.1) is 0 Å². The highest BCUT2D eigenvalue weighted by atomic mass is 32.2. The average molecular weight is 337 g/mol. The molecule has 0 unspecified atom stereocenters. The first-order chi connectivity index (χ1) is 10.5. The molecule has 1 aromatic heterocycles. The summed E-state index contributed by atoms with van der Waals surface area (Å²) >= 11 is 1.43. The highest BCUT2D eigenvalue weighted by Gasteiger charge is 2.10. The number of rotatable bonds is 6. The molecule has 0 spiro atoms. The quantitative estimate of drug-likeness (QED) is 0.851. The summed E-state index contributed by atoms with van der Waals surface area (Å²) in [5.41, 5.74) is 1.08. The molecule has 5 nitrogen and oxygen atoms in total. The zero-order valence-corrected chi connectivity index (χ0v) is 14.2. The first-order valence-corrected chi connectivity index (χ1v) is 9.48. The standard InChI is InChI=1S/C15H19N3O2S2/c1-11(8-9-22(2)20)17-14(19)18-15-16-10-13(21-15)12-6-4-3-5-7-12/h3-7,10-11H,8-9H2,1-2H3,(H2,16,17,18,19)/t11-,22+/m0/s1. The summed E-state index contributed by atoms with van der Waals surface area (Å²) in [5, 5.41) is 6.11. The van der Waals surface area contributed by atoms with E-state index in [0.29, 0.717) is 17.3 Å². The molecule has 0 saturated carbocycles. The Kier molecular flexibility index (Phi) is 6.09. The number of amides is 2. The van der Waals surface area contributed by atoms with Gasteiger partial charge < -0.3 is 5.32 Å². The van der Waals surface area contributed by atoms with Gasteiger partial charge in [-0.1, -0.05) is 41.7 Å². The Balaban J connectivity index is 1.87. The number of thiazole rings is 1. The fraction of sp³-hybridized carbons (Fsp3) is 0.333. The van der Waals surface area contributed by atoms with E-state index >= 15 is 0 Å². The molecule has 0 aliphatic heterocycles. The number of hydrogen-bond acceptors (Lipinski definition) is 4. The van der Waals surface area contributed by atoms with Crippen LogP contribution in [-0.2, 0) is 10.8 Å². The maximum atomic E-state index is 11.9. The van der Waals surface area contributed by atoms with Gasteiger partial charge in [0.25, 0.3) is 0 Å². The Bertz CT molecular complexity index is 643. The number of nitrogens with one attached hydrogen (secondary N) is 2. The Morgan fingerprint density at radius 2 is 2.09 bits per heavy atom. The van der Waals surface area contributed by atoms with Gasteiger partial charge in [-0.25, -0.2) is 9.78 Å². The molecule has 2 N–H and O–H groups in total. The van der Waals surface area contributed by atoms with Gasteiger partial charge in [0.15, 0.2) is 5.13 Å². The zero-order chi connectivity index (χ0) is 15.9. The predicted octanol–water partition coefficient (Wildman–Crippen LogP) is 3.09. The number of hydrogen-bond donors (Lipinski definition) is 2. The van der Waals surface area contributed by atoms with Gasteiger partial charge >= 0.3 is 6.03 Å². The normalized spacial score (nSPS) is 13.4. The molecule has 0 saturated heterocycles. The van der Waals surface area contributed by atoms with Gasteiger partial charge in [-0.2, -0.15) is 0 Å². The first kappa shape index (κ1) is 16.6. The third-order valence-electron chi connectivity index (χ3n) is 3.00. The van der Waals surface area contributed by atoms with Crippen molar-refractivity contribution in [3.05, 3.63) is 36.5 Å². The van der Waals surface area contributed by atoms with E-state index in [1.165, 1.54) is 11.3 Å². The van der Waals surface area contributed by atoms with E-state index in [1.807, 2.05) is 37.3 Å². The molecular formula is C15H19N3O2S2. The topological polar surface area (TPSA) is 71.1 Å². The molecular weight excluding hydrogens is 318 g/mol. The third-order valence-corrected chi connectivity index (χ3v) is 4.77. The monoisotopic (exact) mass is 337 g/mol. The summed E-state index contributed by atoms with van der Waals surface area (Å²) in [6.45, 7) is 1.89. The van der Waals surface area contributed by atoms with E-state index in [4.69, 9.17) is 0 Å². The second-order valence-electron chi connectivity index (χ2n) is 4.96. The van der Waals surface area contributed by atoms with Crippen LogP contribution in [0.1, 0.15) is 13.3 Å². The Labute approximate surface area is 136 Å². The molecule has 2 amide bonds. The molecule has 118 valence electrons. The number of anilines is 1. The van der Waals surface area contributed by atoms with Crippen molar-refractivity contribution in [2.24, 2.45) is 0 Å². The van der Waals surface area contributed by atoms with Crippen molar-refractivity contribution < 1.29 is 9.00 Å². The fourth-order valence-corrected chi connectivity index (χ4v) is 3.34. The zero-order valence-electron chi connectivity index (χ0n) is 12.5. The summed E-state index contributed by atoms with van der Waals surface area (Å²) in [4.78, 5) is 17.1. The van der Waals surface area contributed by atoms with Crippen molar-refractivity contribution >= 4 is 33.3 Å². The lowest BCUT2D eigenvalue weighted by atomic mass is 10.2. The van der Waals surface area contributed by atoms with E-state index in [2.05, 4.69) is 15.6 Å². The Morgan fingerprint density at radius 1 is 1.36 bits per heavy atom. The molecule has 2 atom stereocenters. The number of carbonyl (C=O) groups excluding carboxylic acids is 1. The van der Waals surface area contributed by atoms with Gasteiger partial charge in [0.05, 0.1) is 4.88 Å². The van der Waals surface area contributed by atoms with Gasteiger partial charge in [-0.15, -0.1) is 0 Å². The second kappa shape index (κ2) is 8.05. The molecule has 1 heterocycles. The largest absolute Gasteiger partial charge is 0.335 e. The van der Waals surface area contributed by atoms with E-state index in [0.717, 1.165) is 10.4 Å². The van der Waals surface area contributed by atoms with Gasteiger partial charge in [0.2, 0.25) is 0 Å². The lowest BCUT2D eigenvalue weighted by Crippen LogP contribution is -2.36. The predicted molar refractivity (Wildman–Crippen MR) is 92.7 cm³/mol. The van der Waals surface area contributed by atoms with E-state index in [1.54, 1.807) is 12.5 Å². The van der Waals surface area contributed by atoms with Crippen molar-refractivity contribution in [2.45, 2.75) is 19.4 Å². The van der Waals surface area contributed by atoms with Crippen LogP contribution in [0.2, 0.25) is 0 Å². The first-order valence-electron chi connectivity index (χ1n) is 6.93. The van der Waals surface area contributed by atoms with Gasteiger partial charge in [-0.3, -0.25) is 9.53 Å². The van der Waals surface area contributed by atoms with Crippen molar-refractivity contribution in [1.29, 1.82) is 0 Å². The minimum Gasteiger partial charge on any atom is -0.335 e. The van der Waals surface area contributed by atoms with E-state index < -0.39 is 10.8 Å². The fourth-order valence-electron chi connectivity index (χ4n) is 1.84. The molecule has 1 aromatic carbocycles. The lowest BCUT2D eigenvalue weighted by Gasteiger charge is -2.12. The third kappa shape index (κ3) is 5.23. The minimum absolute atomic E-state index is 0.0301. The van der Waals surface area contributed by atoms with Crippen LogP contribution in [0.15, 0.2) is 36.5 Å². The van der Waals surface area contributed by atoms with E-state index in [-0.39, 0.29) is 12.1 Å². The SMILES string of the molecule is C[C@@H](CC[S@@](C)=O)NC(=O)Nc1ncc(-c2ccccc2)s1. The average Bonchev–Trinajstić information content (AvgIpc) is 2.94. The summed E-state index contributed by atoms with van der Waals surface area (Å²) in [6, 6.07) is 9.58. The van der Waals surface area contributed by atoms with Gasteiger partial charge in [-0.05, 0) is 18.9 Å². The highest BCUT2D eigenvalue weighted by molar-refractivity contribution is 7.84. The number of urea groups is 1. The Hall–Kier alpha value is -1.73. The lowest BCUT2D eigenvalue weighted by molar-refractivity contribution is 0.249. The molecule has 0 aliphatic carbocycles. The number of aromatic nitrogens is 1. The minimum atomic E-state index is -0.839. The summed E-state index contributed by atoms with van der Waals surface area (Å²) in [5.74, 6) is 0.580. The maximum absolute atomic E-state index is 11.9. The summed E-state index contributed by atoms with van der Waals surface area (Å²) < 4.78 is 11.0. The second-order valence-corrected chi connectivity index (χ2v) is 7.55. The molecule has 0 bridgehead atoms. The Morgan fingerprint density at radius 3 is 2.77 bits per heavy atom. The van der Waals surface area contributed by atoms with Crippen molar-refractivity contribution in [1.82, 2.24) is 10.3 Å². The van der Waals surface area contributed by atoms with Crippen LogP contribution in [0.3, 0.4) is 0 Å². The van der Waals surface area contributed by atoms with E-state index in [9.17, 15) is 9.00 Å². The number of nitrogens with zero attached hydrogens (tertiary/aromatic N) is 1. The number of carbonyl (C=O) groups is 1. The highest BCUT2D eigenvalue weighted by Crippen LogP contribution is 2.28. The smallest absolute Gasteiger partial charge is 0.321 e. The van der Waals surface area contributed by atoms with Crippen LogP contribution in [0.4, 0.5) is 9.93 Å². The van der Waals surface area contributed by atoms with Crippen LogP contribution < -0.4 is 10.6 Å². The van der Waals surface area contributed by atoms with Crippen LogP contribution in [0.25, 0.3) is 10.4 Å². The van der Waals surface area contributed by atoms with Gasteiger partial charge in [0, 0.05) is 35.0 Å². The molecule has 0 radical (unpaired) electrons. The molecule has 0 aliphatic rings. The molecule has 2 aromatic rings. The molecule has 7 heteroatoms. The molecule has 2 rings (SSSR count).